The minimum Gasteiger partial charge on any atom is -0.484 e. The number of aliphatic carboxylic acids is 1. The number of Topliss-reactive ketones (excluding diaryl/α,β-unsaturated/α-hetero) is 1. The highest BCUT2D eigenvalue weighted by Gasteiger charge is 2.50. The number of hydrogen-bond donors (Lipinski definition) is 5. The van der Waals surface area contributed by atoms with Crippen LogP contribution in [-0.4, -0.2) is 71.8 Å². The highest BCUT2D eigenvalue weighted by molar-refractivity contribution is 7.09. The topological polar surface area (TPSA) is 180 Å². The first kappa shape index (κ1) is 43.5. The van der Waals surface area contributed by atoms with Gasteiger partial charge in [0.2, 0.25) is 17.7 Å². The van der Waals surface area contributed by atoms with Gasteiger partial charge in [0.15, 0.2) is 12.4 Å². The van der Waals surface area contributed by atoms with Crippen LogP contribution in [0, 0.1) is 11.3 Å². The van der Waals surface area contributed by atoms with Crippen LogP contribution in [0.15, 0.2) is 127 Å². The number of fused-ring (bicyclic) bond motifs is 16. The van der Waals surface area contributed by atoms with Crippen LogP contribution in [0.2, 0.25) is 0 Å². The molecule has 12 nitrogen and oxygen atoms in total. The number of hydrogen-bond acceptors (Lipinski definition) is 8. The van der Waals surface area contributed by atoms with E-state index >= 15 is 0 Å². The molecular formula is C49H50N4O8S. The Hall–Kier alpha value is -6.60. The number of carboxylic acid groups (broad SMARTS) is 1. The van der Waals surface area contributed by atoms with E-state index in [2.05, 4.69) is 21.3 Å². The van der Waals surface area contributed by atoms with E-state index in [-0.39, 0.29) is 51.0 Å². The van der Waals surface area contributed by atoms with Gasteiger partial charge in [-0.15, -0.1) is 11.3 Å². The fraction of sp³-hybridized carbons (Fsp3) is 0.306. The maximum atomic E-state index is 14.6. The molecule has 0 spiro atoms. The molecule has 2 aliphatic heterocycles. The van der Waals surface area contributed by atoms with Gasteiger partial charge in [-0.05, 0) is 83.5 Å². The van der Waals surface area contributed by atoms with Crippen molar-refractivity contribution in [2.24, 2.45) is 11.3 Å². The molecule has 13 heteroatoms. The molecule has 1 saturated carbocycles. The third-order valence-electron chi connectivity index (χ3n) is 11.5. The molecule has 3 aliphatic rings. The molecule has 8 rings (SSSR count). The molecule has 5 aromatic rings. The van der Waals surface area contributed by atoms with Crippen LogP contribution in [0.4, 0.5) is 0 Å². The maximum absolute atomic E-state index is 14.6. The summed E-state index contributed by atoms with van der Waals surface area (Å²) in [5.41, 5.74) is 3.38. The van der Waals surface area contributed by atoms with Gasteiger partial charge in [-0.25, -0.2) is 0 Å². The van der Waals surface area contributed by atoms with E-state index in [4.69, 9.17) is 4.74 Å². The zero-order valence-corrected chi connectivity index (χ0v) is 35.0. The number of carbonyl (C=O) groups is 6. The van der Waals surface area contributed by atoms with Crippen molar-refractivity contribution in [3.63, 3.8) is 0 Å². The van der Waals surface area contributed by atoms with Gasteiger partial charge in [0.1, 0.15) is 17.8 Å². The molecule has 4 aromatic carbocycles. The molecule has 0 radical (unpaired) electrons. The second kappa shape index (κ2) is 20.3. The molecule has 2 bridgehead atoms. The molecule has 320 valence electrons. The first-order chi connectivity index (χ1) is 30.0. The lowest BCUT2D eigenvalue weighted by atomic mass is 9.89. The van der Waals surface area contributed by atoms with Crippen LogP contribution in [0.1, 0.15) is 47.3 Å². The Morgan fingerprint density at radius 3 is 1.98 bits per heavy atom. The number of thiophene rings is 1. The Balaban J connectivity index is 1.21. The minimum absolute atomic E-state index is 0.0595. The number of aryl methyl sites for hydroxylation is 1. The average molecular weight is 855 g/mol. The molecule has 4 atom stereocenters. The number of amides is 4. The quantitative estimate of drug-likeness (QED) is 0.102. The van der Waals surface area contributed by atoms with Crippen molar-refractivity contribution in [2.45, 2.75) is 69.5 Å². The SMILES string of the molecule is O=C1COc2ccc(cc2)C[C@@H](C(=O)NCC2(C(=O)O)CC2)CC(=O)[C@@H](CCc2ccccc2)NC(=O)[C@H](Cc2ccc(-c3ccccc3)cc2)NC(=O)[C@@H](Cc2cccs2)N1. The Morgan fingerprint density at radius 2 is 1.34 bits per heavy atom. The predicted octanol–water partition coefficient (Wildman–Crippen LogP) is 5.48. The number of benzene rings is 4. The molecule has 62 heavy (non-hydrogen) atoms. The van der Waals surface area contributed by atoms with Crippen molar-refractivity contribution in [3.8, 4) is 16.9 Å². The lowest BCUT2D eigenvalue weighted by Gasteiger charge is -2.26. The lowest BCUT2D eigenvalue weighted by Crippen LogP contribution is -2.57. The monoisotopic (exact) mass is 854 g/mol. The second-order valence-electron chi connectivity index (χ2n) is 16.1. The van der Waals surface area contributed by atoms with Crippen molar-refractivity contribution in [2.75, 3.05) is 13.2 Å². The van der Waals surface area contributed by atoms with Gasteiger partial charge in [-0.1, -0.05) is 103 Å². The molecule has 0 unspecified atom stereocenters. The summed E-state index contributed by atoms with van der Waals surface area (Å²) in [5, 5.41) is 23.1. The number of rotatable bonds is 12. The van der Waals surface area contributed by atoms with Crippen LogP contribution in [0.3, 0.4) is 0 Å². The van der Waals surface area contributed by atoms with Gasteiger partial charge in [0.05, 0.1) is 11.5 Å². The van der Waals surface area contributed by atoms with Crippen molar-refractivity contribution < 1.29 is 38.6 Å². The number of ketones is 1. The summed E-state index contributed by atoms with van der Waals surface area (Å²) in [7, 11) is 0. The summed E-state index contributed by atoms with van der Waals surface area (Å²) in [6.07, 6.45) is 1.66. The Morgan fingerprint density at radius 1 is 0.694 bits per heavy atom. The largest absolute Gasteiger partial charge is 0.484 e. The average Bonchev–Trinajstić information content (AvgIpc) is 3.92. The molecule has 4 amide bonds. The number of nitrogens with one attached hydrogen (secondary N) is 4. The van der Waals surface area contributed by atoms with Gasteiger partial charge in [0, 0.05) is 36.6 Å². The number of ether oxygens (including phenoxy) is 1. The molecule has 1 fully saturated rings. The summed E-state index contributed by atoms with van der Waals surface area (Å²) < 4.78 is 5.79. The minimum atomic E-state index is -1.17. The van der Waals surface area contributed by atoms with Gasteiger partial charge in [-0.2, -0.15) is 0 Å². The highest BCUT2D eigenvalue weighted by Crippen LogP contribution is 2.45. The summed E-state index contributed by atoms with van der Waals surface area (Å²) in [6.45, 7) is -0.449. The first-order valence-corrected chi connectivity index (χ1v) is 21.8. The maximum Gasteiger partial charge on any atom is 0.311 e. The third-order valence-corrected chi connectivity index (χ3v) is 12.4. The molecule has 1 aromatic heterocycles. The summed E-state index contributed by atoms with van der Waals surface area (Å²) in [6, 6.07) is 34.3. The zero-order chi connectivity index (χ0) is 43.5. The first-order valence-electron chi connectivity index (χ1n) is 20.9. The summed E-state index contributed by atoms with van der Waals surface area (Å²) in [4.78, 5) is 83.4. The van der Waals surface area contributed by atoms with E-state index in [0.717, 1.165) is 27.1 Å². The Labute approximate surface area is 364 Å². The van der Waals surface area contributed by atoms with E-state index in [1.807, 2.05) is 102 Å². The van der Waals surface area contributed by atoms with E-state index in [1.165, 1.54) is 11.3 Å². The van der Waals surface area contributed by atoms with Crippen LogP contribution in [0.25, 0.3) is 11.1 Å². The van der Waals surface area contributed by atoms with Crippen molar-refractivity contribution >= 4 is 46.7 Å². The van der Waals surface area contributed by atoms with E-state index < -0.39 is 59.1 Å². The second-order valence-corrected chi connectivity index (χ2v) is 17.2. The zero-order valence-electron chi connectivity index (χ0n) is 34.2. The molecule has 3 heterocycles. The lowest BCUT2D eigenvalue weighted by molar-refractivity contribution is -0.143. The van der Waals surface area contributed by atoms with Gasteiger partial charge < -0.3 is 31.1 Å². The van der Waals surface area contributed by atoms with E-state index in [1.54, 1.807) is 24.3 Å². The number of carboxylic acids is 1. The third kappa shape index (κ3) is 11.8. The van der Waals surface area contributed by atoms with Crippen molar-refractivity contribution in [3.05, 3.63) is 148 Å². The predicted molar refractivity (Wildman–Crippen MR) is 235 cm³/mol. The fourth-order valence-electron chi connectivity index (χ4n) is 7.61. The van der Waals surface area contributed by atoms with Crippen LogP contribution in [0.5, 0.6) is 5.75 Å². The molecular weight excluding hydrogens is 805 g/mol. The number of carbonyl (C=O) groups excluding carboxylic acids is 5. The smallest absolute Gasteiger partial charge is 0.311 e. The van der Waals surface area contributed by atoms with E-state index in [9.17, 15) is 33.9 Å². The van der Waals surface area contributed by atoms with Crippen molar-refractivity contribution in [1.82, 2.24) is 21.3 Å². The summed E-state index contributed by atoms with van der Waals surface area (Å²) >= 11 is 1.43. The molecule has 1 aliphatic carbocycles. The van der Waals surface area contributed by atoms with Crippen molar-refractivity contribution in [1.29, 1.82) is 0 Å². The highest BCUT2D eigenvalue weighted by atomic mass is 32.1. The van der Waals surface area contributed by atoms with Crippen LogP contribution < -0.4 is 26.0 Å². The van der Waals surface area contributed by atoms with Gasteiger partial charge >= 0.3 is 5.97 Å². The summed E-state index contributed by atoms with van der Waals surface area (Å²) in [5.74, 6) is -4.09. The van der Waals surface area contributed by atoms with Crippen LogP contribution in [-0.2, 0) is 54.5 Å². The van der Waals surface area contributed by atoms with Gasteiger partial charge in [-0.3, -0.25) is 28.8 Å². The normalized spacial score (nSPS) is 20.6. The Bertz CT molecular complexity index is 2330. The van der Waals surface area contributed by atoms with Crippen LogP contribution >= 0.6 is 11.3 Å². The fourth-order valence-corrected chi connectivity index (χ4v) is 8.37. The molecule has 5 N–H and O–H groups in total. The Kier molecular flexibility index (Phi) is 14.2. The molecule has 0 saturated heterocycles. The standard InChI is InChI=1S/C49H50N4O8S/c54-43-28-37(45(56)50-31-49(23-24-49)48(59)60)26-33-15-20-38(21-16-33)61-30-44(55)51-42(29-39-12-7-25-62-39)47(58)53-41(46(57)52-40(43)22-17-32-8-3-1-4-9-32)27-34-13-18-36(19-14-34)35-10-5-2-6-11-35/h1-16,18-21,25,37,40-42H,17,22-24,26-31H2,(H,50,56)(H,51,55)(H,52,57)(H,53,58)(H,59,60)/t37-,40-,41+,42-/m1/s1. The van der Waals surface area contributed by atoms with Gasteiger partial charge in [0.25, 0.3) is 5.91 Å². The van der Waals surface area contributed by atoms with E-state index in [0.29, 0.717) is 30.6 Å².